The summed E-state index contributed by atoms with van der Waals surface area (Å²) in [6.45, 7) is 1.83. The Bertz CT molecular complexity index is 447. The Morgan fingerprint density at radius 1 is 1.50 bits per heavy atom. The topological polar surface area (TPSA) is 102 Å². The van der Waals surface area contributed by atoms with E-state index in [1.807, 2.05) is 6.92 Å². The van der Waals surface area contributed by atoms with Gasteiger partial charge in [-0.3, -0.25) is 10.1 Å². The molecule has 0 saturated heterocycles. The Balaban J connectivity index is 2.60. The molecule has 0 amide bonds. The van der Waals surface area contributed by atoms with Crippen LogP contribution in [-0.2, 0) is 4.74 Å². The monoisotopic (exact) mass is 291 g/mol. The quantitative estimate of drug-likeness (QED) is 0.404. The van der Waals surface area contributed by atoms with Crippen molar-refractivity contribution in [3.63, 3.8) is 0 Å². The number of nitrogens with one attached hydrogen (secondary N) is 2. The average molecular weight is 291 g/mol. The van der Waals surface area contributed by atoms with Gasteiger partial charge in [-0.1, -0.05) is 0 Å². The molecule has 0 unspecified atom stereocenters. The minimum absolute atomic E-state index is 0.0119. The molecule has 0 aliphatic heterocycles. The maximum Gasteiger partial charge on any atom is 0.329 e. The SMILES string of the molecule is CCNc1ncc([N+](=O)[O-])c(NCCOCC(F)F)n1. The second kappa shape index (κ2) is 8.15. The van der Waals surface area contributed by atoms with E-state index >= 15 is 0 Å². The number of ether oxygens (including phenoxy) is 1. The maximum atomic E-state index is 11.8. The van der Waals surface area contributed by atoms with Crippen LogP contribution in [0.5, 0.6) is 0 Å². The largest absolute Gasteiger partial charge is 0.374 e. The lowest BCUT2D eigenvalue weighted by Gasteiger charge is -2.08. The normalized spacial score (nSPS) is 10.6. The molecule has 1 heterocycles. The van der Waals surface area contributed by atoms with Crippen LogP contribution in [0.15, 0.2) is 6.20 Å². The van der Waals surface area contributed by atoms with Gasteiger partial charge in [0.2, 0.25) is 11.8 Å². The molecular weight excluding hydrogens is 276 g/mol. The number of nitro groups is 1. The fourth-order valence-electron chi connectivity index (χ4n) is 1.30. The summed E-state index contributed by atoms with van der Waals surface area (Å²) >= 11 is 0. The molecule has 0 saturated carbocycles. The Morgan fingerprint density at radius 3 is 2.85 bits per heavy atom. The molecule has 0 radical (unpaired) electrons. The molecule has 20 heavy (non-hydrogen) atoms. The fourth-order valence-corrected chi connectivity index (χ4v) is 1.30. The standard InChI is InChI=1S/C10H15F2N5O3/c1-2-13-10-15-5-7(17(18)19)9(16-10)14-3-4-20-6-8(11)12/h5,8H,2-4,6H2,1H3,(H2,13,14,15,16). The third kappa shape index (κ3) is 5.26. The van der Waals surface area contributed by atoms with Crippen LogP contribution >= 0.6 is 0 Å². The smallest absolute Gasteiger partial charge is 0.329 e. The van der Waals surface area contributed by atoms with Crippen LogP contribution in [0.25, 0.3) is 0 Å². The van der Waals surface area contributed by atoms with Crippen molar-refractivity contribution in [2.75, 3.05) is 36.9 Å². The minimum atomic E-state index is -2.54. The van der Waals surface area contributed by atoms with Crippen molar-refractivity contribution < 1.29 is 18.4 Å². The van der Waals surface area contributed by atoms with Crippen LogP contribution in [0, 0.1) is 10.1 Å². The summed E-state index contributed by atoms with van der Waals surface area (Å²) < 4.78 is 28.3. The molecule has 1 aromatic heterocycles. The maximum absolute atomic E-state index is 11.8. The Kier molecular flexibility index (Phi) is 6.50. The lowest BCUT2D eigenvalue weighted by molar-refractivity contribution is -0.384. The summed E-state index contributed by atoms with van der Waals surface area (Å²) in [6.07, 6.45) is -1.46. The third-order valence-corrected chi connectivity index (χ3v) is 2.08. The van der Waals surface area contributed by atoms with E-state index in [1.165, 1.54) is 0 Å². The molecule has 1 rings (SSSR count). The molecule has 0 aromatic carbocycles. The highest BCUT2D eigenvalue weighted by atomic mass is 19.3. The van der Waals surface area contributed by atoms with Crippen LogP contribution in [0.4, 0.5) is 26.2 Å². The molecule has 112 valence electrons. The first-order valence-corrected chi connectivity index (χ1v) is 5.89. The van der Waals surface area contributed by atoms with Crippen LogP contribution < -0.4 is 10.6 Å². The average Bonchev–Trinajstić information content (AvgIpc) is 2.38. The highest BCUT2D eigenvalue weighted by Crippen LogP contribution is 2.21. The van der Waals surface area contributed by atoms with Gasteiger partial charge in [0.05, 0.1) is 11.5 Å². The van der Waals surface area contributed by atoms with Gasteiger partial charge in [-0.25, -0.2) is 13.8 Å². The highest BCUT2D eigenvalue weighted by Gasteiger charge is 2.16. The number of halogens is 2. The fraction of sp³-hybridized carbons (Fsp3) is 0.600. The lowest BCUT2D eigenvalue weighted by Crippen LogP contribution is -2.15. The first-order valence-electron chi connectivity index (χ1n) is 5.89. The zero-order valence-electron chi connectivity index (χ0n) is 10.8. The molecule has 0 bridgehead atoms. The summed E-state index contributed by atoms with van der Waals surface area (Å²) in [5.41, 5.74) is -0.291. The van der Waals surface area contributed by atoms with Crippen LogP contribution in [-0.4, -0.2) is 47.6 Å². The molecule has 0 atom stereocenters. The van der Waals surface area contributed by atoms with Gasteiger partial charge in [0.25, 0.3) is 6.43 Å². The molecule has 10 heteroatoms. The Labute approximate surface area is 113 Å². The van der Waals surface area contributed by atoms with Gasteiger partial charge in [-0.15, -0.1) is 0 Å². The number of hydrogen-bond donors (Lipinski definition) is 2. The number of anilines is 2. The van der Waals surface area contributed by atoms with Gasteiger partial charge >= 0.3 is 5.69 Å². The molecular formula is C10H15F2N5O3. The zero-order valence-corrected chi connectivity index (χ0v) is 10.8. The van der Waals surface area contributed by atoms with Gasteiger partial charge in [-0.2, -0.15) is 4.98 Å². The van der Waals surface area contributed by atoms with E-state index < -0.39 is 18.0 Å². The molecule has 8 nitrogen and oxygen atoms in total. The molecule has 0 aliphatic rings. The van der Waals surface area contributed by atoms with E-state index in [-0.39, 0.29) is 30.6 Å². The van der Waals surface area contributed by atoms with Gasteiger partial charge in [-0.05, 0) is 6.92 Å². The van der Waals surface area contributed by atoms with Crippen molar-refractivity contribution in [2.45, 2.75) is 13.3 Å². The van der Waals surface area contributed by atoms with E-state index in [4.69, 9.17) is 0 Å². The van der Waals surface area contributed by atoms with E-state index in [0.29, 0.717) is 6.54 Å². The van der Waals surface area contributed by atoms with Crippen molar-refractivity contribution in [3.8, 4) is 0 Å². The Morgan fingerprint density at radius 2 is 2.25 bits per heavy atom. The number of aromatic nitrogens is 2. The lowest BCUT2D eigenvalue weighted by atomic mass is 10.4. The summed E-state index contributed by atoms with van der Waals surface area (Å²) in [6, 6.07) is 0. The molecule has 0 spiro atoms. The van der Waals surface area contributed by atoms with Crippen LogP contribution in [0.3, 0.4) is 0 Å². The molecule has 0 aliphatic carbocycles. The number of rotatable bonds is 9. The molecule has 2 N–H and O–H groups in total. The van der Waals surface area contributed by atoms with Crippen molar-refractivity contribution in [1.29, 1.82) is 0 Å². The van der Waals surface area contributed by atoms with Crippen molar-refractivity contribution in [2.24, 2.45) is 0 Å². The van der Waals surface area contributed by atoms with Crippen LogP contribution in [0.1, 0.15) is 6.92 Å². The second-order valence-electron chi connectivity index (χ2n) is 3.61. The van der Waals surface area contributed by atoms with Crippen LogP contribution in [0.2, 0.25) is 0 Å². The first kappa shape index (κ1) is 16.0. The van der Waals surface area contributed by atoms with Gasteiger partial charge < -0.3 is 15.4 Å². The van der Waals surface area contributed by atoms with Crippen molar-refractivity contribution in [3.05, 3.63) is 16.3 Å². The minimum Gasteiger partial charge on any atom is -0.374 e. The summed E-state index contributed by atoms with van der Waals surface area (Å²) in [7, 11) is 0. The zero-order chi connectivity index (χ0) is 15.0. The van der Waals surface area contributed by atoms with Gasteiger partial charge in [0, 0.05) is 13.1 Å². The van der Waals surface area contributed by atoms with E-state index in [1.54, 1.807) is 0 Å². The summed E-state index contributed by atoms with van der Waals surface area (Å²) in [4.78, 5) is 17.9. The predicted molar refractivity (Wildman–Crippen MR) is 68.2 cm³/mol. The number of nitrogens with zero attached hydrogens (tertiary/aromatic N) is 3. The third-order valence-electron chi connectivity index (χ3n) is 2.08. The van der Waals surface area contributed by atoms with Gasteiger partial charge in [0.1, 0.15) is 12.8 Å². The second-order valence-corrected chi connectivity index (χ2v) is 3.61. The Hall–Kier alpha value is -2.10. The van der Waals surface area contributed by atoms with Gasteiger partial charge in [0.15, 0.2) is 0 Å². The van der Waals surface area contributed by atoms with E-state index in [9.17, 15) is 18.9 Å². The van der Waals surface area contributed by atoms with E-state index in [0.717, 1.165) is 6.20 Å². The molecule has 1 aromatic rings. The highest BCUT2D eigenvalue weighted by molar-refractivity contribution is 5.56. The summed E-state index contributed by atoms with van der Waals surface area (Å²) in [5, 5.41) is 16.3. The summed E-state index contributed by atoms with van der Waals surface area (Å²) in [5.74, 6) is 0.260. The van der Waals surface area contributed by atoms with E-state index in [2.05, 4.69) is 25.3 Å². The predicted octanol–water partition coefficient (Wildman–Crippen LogP) is 1.51. The number of alkyl halides is 2. The van der Waals surface area contributed by atoms with Crippen molar-refractivity contribution in [1.82, 2.24) is 9.97 Å². The first-order chi connectivity index (χ1) is 9.54. The molecule has 0 fully saturated rings. The van der Waals surface area contributed by atoms with Crippen molar-refractivity contribution >= 4 is 17.5 Å². The number of hydrogen-bond acceptors (Lipinski definition) is 7.